The van der Waals surface area contributed by atoms with Crippen LogP contribution in [0.25, 0.3) is 0 Å². The first kappa shape index (κ1) is 19.4. The highest BCUT2D eigenvalue weighted by Crippen LogP contribution is 2.41. The Labute approximate surface area is 168 Å². The van der Waals surface area contributed by atoms with Crippen molar-refractivity contribution in [2.24, 2.45) is 10.4 Å². The molecule has 1 spiro atoms. The molecule has 1 aromatic rings. The maximum atomic E-state index is 6.08. The summed E-state index contributed by atoms with van der Waals surface area (Å²) < 4.78 is 17.8. The highest BCUT2D eigenvalue weighted by molar-refractivity contribution is 5.80. The van der Waals surface area contributed by atoms with Crippen LogP contribution in [0.3, 0.4) is 0 Å². The van der Waals surface area contributed by atoms with Crippen LogP contribution in [-0.4, -0.2) is 62.5 Å². The minimum absolute atomic E-state index is 0.159. The van der Waals surface area contributed by atoms with Gasteiger partial charge in [-0.2, -0.15) is 0 Å². The lowest BCUT2D eigenvalue weighted by Gasteiger charge is -2.25. The smallest absolute Gasteiger partial charge is 0.194 e. The summed E-state index contributed by atoms with van der Waals surface area (Å²) in [7, 11) is 0. The lowest BCUT2D eigenvalue weighted by molar-refractivity contribution is 0.132. The first-order chi connectivity index (χ1) is 13.5. The number of hydrogen-bond donors (Lipinski definition) is 1. The van der Waals surface area contributed by atoms with E-state index in [4.69, 9.17) is 19.2 Å². The third-order valence-corrected chi connectivity index (χ3v) is 5.92. The van der Waals surface area contributed by atoms with Crippen molar-refractivity contribution in [3.05, 3.63) is 23.8 Å². The van der Waals surface area contributed by atoms with Crippen molar-refractivity contribution in [2.45, 2.75) is 45.6 Å². The molecule has 0 aliphatic carbocycles. The van der Waals surface area contributed by atoms with E-state index in [-0.39, 0.29) is 5.60 Å². The fourth-order valence-electron chi connectivity index (χ4n) is 4.52. The maximum Gasteiger partial charge on any atom is 0.194 e. The summed E-state index contributed by atoms with van der Waals surface area (Å²) in [5.41, 5.74) is 1.40. The number of para-hydroxylation sites is 1. The first-order valence-corrected chi connectivity index (χ1v) is 10.6. The van der Waals surface area contributed by atoms with Gasteiger partial charge in [-0.05, 0) is 39.7 Å². The third kappa shape index (κ3) is 4.07. The Bertz CT molecular complexity index is 726. The minimum Gasteiger partial charge on any atom is -0.488 e. The summed E-state index contributed by atoms with van der Waals surface area (Å²) in [5.74, 6) is 2.71. The number of benzene rings is 1. The van der Waals surface area contributed by atoms with Crippen LogP contribution in [0, 0.1) is 5.41 Å². The third-order valence-electron chi connectivity index (χ3n) is 5.92. The quantitative estimate of drug-likeness (QED) is 0.478. The molecule has 1 atom stereocenters. The average molecular weight is 388 g/mol. The summed E-state index contributed by atoms with van der Waals surface area (Å²) in [6.45, 7) is 12.2. The zero-order valence-corrected chi connectivity index (χ0v) is 17.4. The van der Waals surface area contributed by atoms with Gasteiger partial charge in [-0.25, -0.2) is 4.99 Å². The van der Waals surface area contributed by atoms with E-state index in [1.807, 2.05) is 12.1 Å². The van der Waals surface area contributed by atoms with E-state index in [1.54, 1.807) is 0 Å². The second-order valence-corrected chi connectivity index (χ2v) is 8.84. The van der Waals surface area contributed by atoms with E-state index in [9.17, 15) is 0 Å². The van der Waals surface area contributed by atoms with E-state index in [1.165, 1.54) is 18.4 Å². The van der Waals surface area contributed by atoms with E-state index in [0.717, 1.165) is 56.7 Å². The van der Waals surface area contributed by atoms with Gasteiger partial charge >= 0.3 is 0 Å². The molecule has 0 bridgehead atoms. The summed E-state index contributed by atoms with van der Waals surface area (Å²) in [6, 6.07) is 6.15. The van der Waals surface area contributed by atoms with Gasteiger partial charge in [0.15, 0.2) is 17.5 Å². The van der Waals surface area contributed by atoms with Crippen molar-refractivity contribution >= 4 is 5.96 Å². The number of likely N-dealkylation sites (tertiary alicyclic amines) is 1. The number of nitrogens with one attached hydrogen (secondary N) is 1. The summed E-state index contributed by atoms with van der Waals surface area (Å²) in [6.07, 6.45) is 3.28. The second-order valence-electron chi connectivity index (χ2n) is 8.84. The van der Waals surface area contributed by atoms with Crippen LogP contribution in [0.2, 0.25) is 0 Å². The Kier molecular flexibility index (Phi) is 5.41. The average Bonchev–Trinajstić information content (AvgIpc) is 3.36. The van der Waals surface area contributed by atoms with Gasteiger partial charge < -0.3 is 24.4 Å². The summed E-state index contributed by atoms with van der Waals surface area (Å²) in [4.78, 5) is 7.19. The van der Waals surface area contributed by atoms with Crippen molar-refractivity contribution < 1.29 is 14.2 Å². The van der Waals surface area contributed by atoms with Gasteiger partial charge in [0.2, 0.25) is 0 Å². The van der Waals surface area contributed by atoms with Crippen LogP contribution in [0.4, 0.5) is 0 Å². The lowest BCUT2D eigenvalue weighted by Crippen LogP contribution is -2.41. The molecule has 4 rings (SSSR count). The Morgan fingerprint density at radius 1 is 1.32 bits per heavy atom. The SMILES string of the molecule is CCNC(=NCCOc1cccc2c1OC(C)(C)C2)N1CCC2(CCOC2)C1. The molecule has 0 aromatic heterocycles. The molecule has 0 radical (unpaired) electrons. The molecule has 2 fully saturated rings. The van der Waals surface area contributed by atoms with Gasteiger partial charge in [-0.1, -0.05) is 12.1 Å². The predicted octanol–water partition coefficient (Wildman–Crippen LogP) is 2.86. The molecular weight excluding hydrogens is 354 g/mol. The van der Waals surface area contributed by atoms with Crippen LogP contribution in [0.1, 0.15) is 39.2 Å². The highest BCUT2D eigenvalue weighted by Gasteiger charge is 2.42. The molecule has 6 nitrogen and oxygen atoms in total. The summed E-state index contributed by atoms with van der Waals surface area (Å²) >= 11 is 0. The number of nitrogens with zero attached hydrogens (tertiary/aromatic N) is 2. The number of aliphatic imine (C=N–C) groups is 1. The molecule has 0 saturated carbocycles. The van der Waals surface area contributed by atoms with Crippen molar-refractivity contribution in [1.82, 2.24) is 10.2 Å². The van der Waals surface area contributed by atoms with Crippen LogP contribution >= 0.6 is 0 Å². The van der Waals surface area contributed by atoms with Crippen molar-refractivity contribution in [1.29, 1.82) is 0 Å². The molecular formula is C22H33N3O3. The Morgan fingerprint density at radius 3 is 3.00 bits per heavy atom. The van der Waals surface area contributed by atoms with E-state index in [0.29, 0.717) is 18.6 Å². The Hall–Kier alpha value is -1.95. The normalized spacial score (nSPS) is 25.8. The second kappa shape index (κ2) is 7.82. The van der Waals surface area contributed by atoms with Crippen molar-refractivity contribution in [3.8, 4) is 11.5 Å². The predicted molar refractivity (Wildman–Crippen MR) is 110 cm³/mol. The molecule has 154 valence electrons. The first-order valence-electron chi connectivity index (χ1n) is 10.6. The van der Waals surface area contributed by atoms with Gasteiger partial charge in [0.25, 0.3) is 0 Å². The van der Waals surface area contributed by atoms with Gasteiger partial charge in [0, 0.05) is 43.6 Å². The lowest BCUT2D eigenvalue weighted by atomic mass is 9.87. The van der Waals surface area contributed by atoms with Gasteiger partial charge in [-0.3, -0.25) is 0 Å². The maximum absolute atomic E-state index is 6.08. The van der Waals surface area contributed by atoms with Gasteiger partial charge in [0.05, 0.1) is 13.2 Å². The van der Waals surface area contributed by atoms with Crippen LogP contribution < -0.4 is 14.8 Å². The molecule has 3 aliphatic rings. The van der Waals surface area contributed by atoms with Crippen LogP contribution in [0.15, 0.2) is 23.2 Å². The number of rotatable bonds is 5. The zero-order chi connectivity index (χ0) is 19.6. The fourth-order valence-corrected chi connectivity index (χ4v) is 4.52. The number of fused-ring (bicyclic) bond motifs is 1. The van der Waals surface area contributed by atoms with E-state index >= 15 is 0 Å². The minimum atomic E-state index is -0.159. The van der Waals surface area contributed by atoms with Gasteiger partial charge in [0.1, 0.15) is 12.2 Å². The largest absolute Gasteiger partial charge is 0.488 e. The zero-order valence-electron chi connectivity index (χ0n) is 17.4. The number of hydrogen-bond acceptors (Lipinski definition) is 4. The summed E-state index contributed by atoms with van der Waals surface area (Å²) in [5, 5.41) is 3.44. The molecule has 28 heavy (non-hydrogen) atoms. The van der Waals surface area contributed by atoms with Crippen LogP contribution in [-0.2, 0) is 11.2 Å². The molecule has 1 unspecified atom stereocenters. The van der Waals surface area contributed by atoms with Gasteiger partial charge in [-0.15, -0.1) is 0 Å². The molecule has 2 saturated heterocycles. The molecule has 6 heteroatoms. The van der Waals surface area contributed by atoms with E-state index in [2.05, 4.69) is 37.1 Å². The molecule has 1 aromatic carbocycles. The van der Waals surface area contributed by atoms with Crippen molar-refractivity contribution in [2.75, 3.05) is 46.0 Å². The topological polar surface area (TPSA) is 55.3 Å². The molecule has 1 N–H and O–H groups in total. The molecule has 3 heterocycles. The monoisotopic (exact) mass is 387 g/mol. The molecule has 3 aliphatic heterocycles. The standard InChI is InChI=1S/C22H33N3O3/c1-4-23-20(25-11-8-22(15-25)9-12-26-16-22)24-10-13-27-18-7-5-6-17-14-21(2,3)28-19(17)18/h5-7H,4,8-16H2,1-3H3,(H,23,24). The van der Waals surface area contributed by atoms with E-state index < -0.39 is 0 Å². The number of guanidine groups is 1. The molecule has 0 amide bonds. The fraction of sp³-hybridized carbons (Fsp3) is 0.682. The number of ether oxygens (including phenoxy) is 3. The van der Waals surface area contributed by atoms with Crippen molar-refractivity contribution in [3.63, 3.8) is 0 Å². The highest BCUT2D eigenvalue weighted by atomic mass is 16.5. The van der Waals surface area contributed by atoms with Crippen LogP contribution in [0.5, 0.6) is 11.5 Å². The Balaban J connectivity index is 1.34. The Morgan fingerprint density at radius 2 is 2.21 bits per heavy atom.